The van der Waals surface area contributed by atoms with Crippen LogP contribution in [0.1, 0.15) is 24.5 Å². The van der Waals surface area contributed by atoms with Gasteiger partial charge in [-0.1, -0.05) is 42.5 Å². The second-order valence-corrected chi connectivity index (χ2v) is 6.70. The van der Waals surface area contributed by atoms with Crippen LogP contribution in [0.15, 0.2) is 60.9 Å². The van der Waals surface area contributed by atoms with Crippen molar-refractivity contribution >= 4 is 17.1 Å². The van der Waals surface area contributed by atoms with Crippen LogP contribution in [-0.2, 0) is 0 Å². The van der Waals surface area contributed by atoms with E-state index in [1.165, 1.54) is 0 Å². The molecular formula is C20H22N4O2. The van der Waals surface area contributed by atoms with E-state index < -0.39 is 6.10 Å². The standard InChI is InChI=1S/C20H22N4O2/c25-19(15-6-2-1-3-7-15)16-10-12-23(13-11-16)20(26)22-24-14-21-17-8-4-5-9-18(17)24/h1-9,14,16,19,25H,10-13H2,(H,22,26). The van der Waals surface area contributed by atoms with Crippen LogP contribution >= 0.6 is 0 Å². The number of imidazole rings is 1. The Kier molecular flexibility index (Phi) is 4.58. The van der Waals surface area contributed by atoms with Gasteiger partial charge in [0, 0.05) is 13.1 Å². The summed E-state index contributed by atoms with van der Waals surface area (Å²) < 4.78 is 1.66. The van der Waals surface area contributed by atoms with Crippen LogP contribution in [0.4, 0.5) is 4.79 Å². The van der Waals surface area contributed by atoms with Crippen LogP contribution in [0.3, 0.4) is 0 Å². The van der Waals surface area contributed by atoms with E-state index in [0.29, 0.717) is 13.1 Å². The van der Waals surface area contributed by atoms with Crippen LogP contribution in [-0.4, -0.2) is 38.8 Å². The van der Waals surface area contributed by atoms with E-state index in [2.05, 4.69) is 10.4 Å². The Balaban J connectivity index is 1.36. The first-order valence-corrected chi connectivity index (χ1v) is 8.93. The molecule has 1 saturated heterocycles. The molecule has 1 aliphatic rings. The molecule has 1 unspecified atom stereocenters. The largest absolute Gasteiger partial charge is 0.388 e. The number of aliphatic hydroxyl groups is 1. The van der Waals surface area contributed by atoms with Crippen molar-refractivity contribution in [2.45, 2.75) is 18.9 Å². The lowest BCUT2D eigenvalue weighted by molar-refractivity contribution is 0.0680. The molecule has 1 aromatic heterocycles. The summed E-state index contributed by atoms with van der Waals surface area (Å²) in [5.74, 6) is 0.176. The number of carbonyl (C=O) groups is 1. The predicted molar refractivity (Wildman–Crippen MR) is 100 cm³/mol. The Morgan fingerprint density at radius 3 is 2.54 bits per heavy atom. The molecule has 4 rings (SSSR count). The molecule has 26 heavy (non-hydrogen) atoms. The minimum Gasteiger partial charge on any atom is -0.388 e. The third kappa shape index (κ3) is 3.28. The fourth-order valence-corrected chi connectivity index (χ4v) is 3.56. The van der Waals surface area contributed by atoms with Gasteiger partial charge >= 0.3 is 6.03 Å². The zero-order valence-corrected chi connectivity index (χ0v) is 14.5. The SMILES string of the molecule is O=C(Nn1cnc2ccccc21)N1CCC(C(O)c2ccccc2)CC1. The maximum atomic E-state index is 12.6. The average Bonchev–Trinajstić information content (AvgIpc) is 3.11. The minimum atomic E-state index is -0.473. The summed E-state index contributed by atoms with van der Waals surface area (Å²) in [6.07, 6.45) is 2.72. The second kappa shape index (κ2) is 7.17. The highest BCUT2D eigenvalue weighted by Crippen LogP contribution is 2.30. The maximum Gasteiger partial charge on any atom is 0.336 e. The van der Waals surface area contributed by atoms with Crippen molar-refractivity contribution < 1.29 is 9.90 Å². The zero-order chi connectivity index (χ0) is 17.9. The number of nitrogens with one attached hydrogen (secondary N) is 1. The number of rotatable bonds is 3. The van der Waals surface area contributed by atoms with Gasteiger partial charge in [-0.15, -0.1) is 0 Å². The number of para-hydroxylation sites is 2. The molecule has 3 aromatic rings. The van der Waals surface area contributed by atoms with E-state index in [0.717, 1.165) is 29.4 Å². The van der Waals surface area contributed by atoms with Crippen LogP contribution in [0.2, 0.25) is 0 Å². The van der Waals surface area contributed by atoms with Crippen molar-refractivity contribution in [3.8, 4) is 0 Å². The summed E-state index contributed by atoms with van der Waals surface area (Å²) in [5, 5.41) is 10.6. The van der Waals surface area contributed by atoms with Gasteiger partial charge in [-0.05, 0) is 36.5 Å². The number of hydrogen-bond acceptors (Lipinski definition) is 3. The second-order valence-electron chi connectivity index (χ2n) is 6.70. The minimum absolute atomic E-state index is 0.138. The topological polar surface area (TPSA) is 70.4 Å². The lowest BCUT2D eigenvalue weighted by Crippen LogP contribution is -2.44. The number of aromatic nitrogens is 2. The molecule has 2 N–H and O–H groups in total. The number of likely N-dealkylation sites (tertiary alicyclic amines) is 1. The highest BCUT2D eigenvalue weighted by Gasteiger charge is 2.28. The first kappa shape index (κ1) is 16.6. The van der Waals surface area contributed by atoms with Crippen molar-refractivity contribution in [1.29, 1.82) is 0 Å². The molecule has 0 spiro atoms. The van der Waals surface area contributed by atoms with Gasteiger partial charge in [0.15, 0.2) is 0 Å². The highest BCUT2D eigenvalue weighted by atomic mass is 16.3. The number of nitrogens with zero attached hydrogens (tertiary/aromatic N) is 3. The molecular weight excluding hydrogens is 328 g/mol. The number of piperidine rings is 1. The summed E-state index contributed by atoms with van der Waals surface area (Å²) >= 11 is 0. The van der Waals surface area contributed by atoms with Crippen molar-refractivity contribution in [2.24, 2.45) is 5.92 Å². The van der Waals surface area contributed by atoms with Crippen molar-refractivity contribution in [3.63, 3.8) is 0 Å². The molecule has 0 radical (unpaired) electrons. The number of carbonyl (C=O) groups excluding carboxylic acids is 1. The number of fused-ring (bicyclic) bond motifs is 1. The molecule has 2 aromatic carbocycles. The van der Waals surface area contributed by atoms with Gasteiger partial charge in [0.25, 0.3) is 0 Å². The molecule has 0 saturated carbocycles. The molecule has 6 heteroatoms. The van der Waals surface area contributed by atoms with E-state index in [4.69, 9.17) is 0 Å². The van der Waals surface area contributed by atoms with Crippen LogP contribution < -0.4 is 5.43 Å². The van der Waals surface area contributed by atoms with E-state index in [-0.39, 0.29) is 11.9 Å². The average molecular weight is 350 g/mol. The summed E-state index contributed by atoms with van der Waals surface area (Å²) in [7, 11) is 0. The third-order valence-electron chi connectivity index (χ3n) is 5.08. The fraction of sp³-hybridized carbons (Fsp3) is 0.300. The Morgan fingerprint density at radius 1 is 1.08 bits per heavy atom. The van der Waals surface area contributed by atoms with Crippen molar-refractivity contribution in [3.05, 3.63) is 66.5 Å². The quantitative estimate of drug-likeness (QED) is 0.762. The first-order chi connectivity index (χ1) is 12.7. The zero-order valence-electron chi connectivity index (χ0n) is 14.5. The van der Waals surface area contributed by atoms with Crippen LogP contribution in [0, 0.1) is 5.92 Å². The van der Waals surface area contributed by atoms with E-state index in [1.807, 2.05) is 54.6 Å². The Labute approximate surface area is 152 Å². The number of benzene rings is 2. The van der Waals surface area contributed by atoms with Gasteiger partial charge in [-0.3, -0.25) is 0 Å². The monoisotopic (exact) mass is 350 g/mol. The molecule has 1 fully saturated rings. The summed E-state index contributed by atoms with van der Waals surface area (Å²) in [6, 6.07) is 17.3. The molecule has 1 atom stereocenters. The van der Waals surface area contributed by atoms with Gasteiger partial charge < -0.3 is 10.0 Å². The number of aliphatic hydroxyl groups excluding tert-OH is 1. The lowest BCUT2D eigenvalue weighted by atomic mass is 9.87. The first-order valence-electron chi connectivity index (χ1n) is 8.93. The molecule has 1 aliphatic heterocycles. The van der Waals surface area contributed by atoms with Gasteiger partial charge in [0.2, 0.25) is 0 Å². The molecule has 6 nitrogen and oxygen atoms in total. The number of amides is 2. The van der Waals surface area contributed by atoms with Crippen LogP contribution in [0.25, 0.3) is 11.0 Å². The number of hydrogen-bond donors (Lipinski definition) is 2. The maximum absolute atomic E-state index is 12.6. The molecule has 134 valence electrons. The van der Waals surface area contributed by atoms with E-state index >= 15 is 0 Å². The molecule has 2 heterocycles. The van der Waals surface area contributed by atoms with Crippen molar-refractivity contribution in [1.82, 2.24) is 14.6 Å². The summed E-state index contributed by atoms with van der Waals surface area (Å²) in [4.78, 5) is 18.6. The number of urea groups is 1. The van der Waals surface area contributed by atoms with Gasteiger partial charge in [-0.2, -0.15) is 0 Å². The van der Waals surface area contributed by atoms with Gasteiger partial charge in [0.1, 0.15) is 6.33 Å². The van der Waals surface area contributed by atoms with E-state index in [1.54, 1.807) is 15.9 Å². The smallest absolute Gasteiger partial charge is 0.336 e. The molecule has 0 aliphatic carbocycles. The van der Waals surface area contributed by atoms with E-state index in [9.17, 15) is 9.90 Å². The van der Waals surface area contributed by atoms with Crippen LogP contribution in [0.5, 0.6) is 0 Å². The summed E-state index contributed by atoms with van der Waals surface area (Å²) in [5.41, 5.74) is 5.55. The van der Waals surface area contributed by atoms with Gasteiger partial charge in [-0.25, -0.2) is 19.9 Å². The Hall–Kier alpha value is -2.86. The van der Waals surface area contributed by atoms with Crippen molar-refractivity contribution in [2.75, 3.05) is 18.5 Å². The normalized spacial score (nSPS) is 16.6. The summed E-state index contributed by atoms with van der Waals surface area (Å²) in [6.45, 7) is 1.26. The predicted octanol–water partition coefficient (Wildman–Crippen LogP) is 3.15. The fourth-order valence-electron chi connectivity index (χ4n) is 3.56. The third-order valence-corrected chi connectivity index (χ3v) is 5.08. The Bertz CT molecular complexity index is 885. The molecule has 0 bridgehead atoms. The lowest BCUT2D eigenvalue weighted by Gasteiger charge is -2.34. The Morgan fingerprint density at radius 2 is 1.77 bits per heavy atom. The highest BCUT2D eigenvalue weighted by molar-refractivity contribution is 5.85. The van der Waals surface area contributed by atoms with Gasteiger partial charge in [0.05, 0.1) is 17.1 Å². The molecule has 2 amide bonds.